The molecule has 2 aliphatic carbocycles. The Morgan fingerprint density at radius 1 is 1.60 bits per heavy atom. The number of carbonyl (C=O) groups excluding carboxylic acids is 1. The summed E-state index contributed by atoms with van der Waals surface area (Å²) < 4.78 is 0. The van der Waals surface area contributed by atoms with Gasteiger partial charge in [0, 0.05) is 12.3 Å². The number of fused-ring (bicyclic) bond motifs is 1. The Hall–Kier alpha value is -0.590. The van der Waals surface area contributed by atoms with Crippen molar-refractivity contribution in [3.05, 3.63) is 11.6 Å². The maximum atomic E-state index is 11.5. The topological polar surface area (TPSA) is 17.1 Å². The van der Waals surface area contributed by atoms with Crippen molar-refractivity contribution in [3.63, 3.8) is 0 Å². The highest BCUT2D eigenvalue weighted by Gasteiger charge is 2.63. The van der Waals surface area contributed by atoms with Crippen LogP contribution < -0.4 is 0 Å². The highest BCUT2D eigenvalue weighted by atomic mass is 16.1. The van der Waals surface area contributed by atoms with Gasteiger partial charge in [0.15, 0.2) is 0 Å². The minimum Gasteiger partial charge on any atom is -0.299 e. The lowest BCUT2D eigenvalue weighted by atomic mass is 9.85. The number of hydrogen-bond donors (Lipinski definition) is 0. The van der Waals surface area contributed by atoms with Crippen molar-refractivity contribution in [2.75, 3.05) is 0 Å². The molecule has 1 heteroatoms. The maximum Gasteiger partial charge on any atom is 0.136 e. The molecule has 0 saturated heterocycles. The molecule has 15 heavy (non-hydrogen) atoms. The number of Topliss-reactive ketones (excluding diaryl/α,β-unsaturated/α-hetero) is 1. The average molecular weight is 206 g/mol. The Kier molecular flexibility index (Phi) is 2.74. The van der Waals surface area contributed by atoms with Crippen LogP contribution >= 0.6 is 0 Å². The van der Waals surface area contributed by atoms with Gasteiger partial charge in [0.05, 0.1) is 0 Å². The van der Waals surface area contributed by atoms with E-state index in [1.54, 1.807) is 0 Å². The molecule has 2 aliphatic rings. The van der Waals surface area contributed by atoms with E-state index in [1.165, 1.54) is 31.3 Å². The summed E-state index contributed by atoms with van der Waals surface area (Å²) in [7, 11) is 0. The zero-order chi connectivity index (χ0) is 11.1. The molecule has 0 radical (unpaired) electrons. The number of ketones is 1. The predicted molar refractivity (Wildman–Crippen MR) is 62.6 cm³/mol. The number of rotatable bonds is 4. The third-order valence-electron chi connectivity index (χ3n) is 4.48. The largest absolute Gasteiger partial charge is 0.299 e. The van der Waals surface area contributed by atoms with Crippen molar-refractivity contribution in [2.24, 2.45) is 17.3 Å². The van der Waals surface area contributed by atoms with Gasteiger partial charge in [-0.3, -0.25) is 4.79 Å². The van der Waals surface area contributed by atoms with Crippen LogP contribution in [-0.4, -0.2) is 5.78 Å². The van der Waals surface area contributed by atoms with E-state index in [0.29, 0.717) is 17.1 Å². The Morgan fingerprint density at radius 2 is 2.33 bits per heavy atom. The second kappa shape index (κ2) is 3.77. The quantitative estimate of drug-likeness (QED) is 0.640. The van der Waals surface area contributed by atoms with E-state index in [4.69, 9.17) is 0 Å². The van der Waals surface area contributed by atoms with E-state index in [1.807, 2.05) is 0 Å². The lowest BCUT2D eigenvalue weighted by molar-refractivity contribution is -0.119. The molecule has 0 bridgehead atoms. The Balaban J connectivity index is 1.85. The molecule has 0 aromatic rings. The molecule has 84 valence electrons. The van der Waals surface area contributed by atoms with Gasteiger partial charge in [0.2, 0.25) is 0 Å². The van der Waals surface area contributed by atoms with Gasteiger partial charge >= 0.3 is 0 Å². The zero-order valence-corrected chi connectivity index (χ0v) is 10.2. The zero-order valence-electron chi connectivity index (χ0n) is 10.2. The van der Waals surface area contributed by atoms with Gasteiger partial charge < -0.3 is 0 Å². The fourth-order valence-electron chi connectivity index (χ4n) is 3.26. The summed E-state index contributed by atoms with van der Waals surface area (Å²) >= 11 is 0. The smallest absolute Gasteiger partial charge is 0.136 e. The number of hydrogen-bond acceptors (Lipinski definition) is 1. The van der Waals surface area contributed by atoms with Gasteiger partial charge in [-0.05, 0) is 50.9 Å². The van der Waals surface area contributed by atoms with Gasteiger partial charge in [0.1, 0.15) is 5.78 Å². The van der Waals surface area contributed by atoms with E-state index in [-0.39, 0.29) is 0 Å². The first kappa shape index (κ1) is 10.9. The molecular weight excluding hydrogens is 184 g/mol. The predicted octanol–water partition coefficient (Wildman–Crippen LogP) is 3.74. The Labute approximate surface area is 92.9 Å². The first-order chi connectivity index (χ1) is 7.06. The molecule has 2 saturated carbocycles. The van der Waals surface area contributed by atoms with E-state index in [0.717, 1.165) is 12.3 Å². The maximum absolute atomic E-state index is 11.5. The van der Waals surface area contributed by atoms with Crippen molar-refractivity contribution in [3.8, 4) is 0 Å². The third-order valence-corrected chi connectivity index (χ3v) is 4.48. The Morgan fingerprint density at radius 3 is 2.80 bits per heavy atom. The first-order valence-corrected chi connectivity index (χ1v) is 6.22. The summed E-state index contributed by atoms with van der Waals surface area (Å²) in [6.45, 7) is 6.65. The summed E-state index contributed by atoms with van der Waals surface area (Å²) in [5.41, 5.74) is 1.86. The van der Waals surface area contributed by atoms with E-state index >= 15 is 0 Å². The van der Waals surface area contributed by atoms with E-state index < -0.39 is 0 Å². The van der Waals surface area contributed by atoms with Crippen LogP contribution in [-0.2, 0) is 4.79 Å². The van der Waals surface area contributed by atoms with Gasteiger partial charge in [0.25, 0.3) is 0 Å². The molecule has 1 nitrogen and oxygen atoms in total. The van der Waals surface area contributed by atoms with E-state index in [2.05, 4.69) is 26.8 Å². The molecule has 3 atom stereocenters. The van der Waals surface area contributed by atoms with Crippen molar-refractivity contribution in [1.29, 1.82) is 0 Å². The fraction of sp³-hybridized carbons (Fsp3) is 0.786. The summed E-state index contributed by atoms with van der Waals surface area (Å²) in [5.74, 6) is 1.74. The number of carbonyl (C=O) groups is 1. The van der Waals surface area contributed by atoms with Crippen molar-refractivity contribution < 1.29 is 4.79 Å². The molecule has 3 unspecified atom stereocenters. The van der Waals surface area contributed by atoms with Crippen LogP contribution in [0.3, 0.4) is 0 Å². The second-order valence-corrected chi connectivity index (χ2v) is 5.72. The lowest BCUT2D eigenvalue weighted by Gasteiger charge is -2.20. The standard InChI is InChI=1S/C14H22O/c1-10(2)5-4-6-11(3)14-8-7-13(15)12(14)9-14/h5,11-12H,4,6-9H2,1-3H3. The van der Waals surface area contributed by atoms with E-state index in [9.17, 15) is 4.79 Å². The highest BCUT2D eigenvalue weighted by molar-refractivity contribution is 5.87. The second-order valence-electron chi connectivity index (χ2n) is 5.72. The molecule has 2 rings (SSSR count). The molecule has 0 N–H and O–H groups in total. The van der Waals surface area contributed by atoms with Crippen LogP contribution in [0.5, 0.6) is 0 Å². The molecule has 2 fully saturated rings. The molecular formula is C14H22O. The van der Waals surface area contributed by atoms with Gasteiger partial charge in [-0.25, -0.2) is 0 Å². The molecule has 0 spiro atoms. The Bertz CT molecular complexity index is 298. The van der Waals surface area contributed by atoms with Crippen molar-refractivity contribution >= 4 is 5.78 Å². The van der Waals surface area contributed by atoms with Gasteiger partial charge in [-0.1, -0.05) is 18.6 Å². The fourth-order valence-corrected chi connectivity index (χ4v) is 3.26. The van der Waals surface area contributed by atoms with Crippen LogP contribution in [0.1, 0.15) is 52.9 Å². The molecule has 0 aromatic heterocycles. The first-order valence-electron chi connectivity index (χ1n) is 6.22. The summed E-state index contributed by atoms with van der Waals surface area (Å²) in [4.78, 5) is 11.5. The summed E-state index contributed by atoms with van der Waals surface area (Å²) in [6.07, 6.45) is 7.99. The molecule has 0 aliphatic heterocycles. The molecule has 0 amide bonds. The summed E-state index contributed by atoms with van der Waals surface area (Å²) in [6, 6.07) is 0. The highest BCUT2D eigenvalue weighted by Crippen LogP contribution is 2.66. The van der Waals surface area contributed by atoms with Crippen LogP contribution in [0.2, 0.25) is 0 Å². The van der Waals surface area contributed by atoms with Gasteiger partial charge in [-0.15, -0.1) is 0 Å². The molecule has 0 aromatic carbocycles. The molecule has 0 heterocycles. The average Bonchev–Trinajstić information content (AvgIpc) is 2.82. The van der Waals surface area contributed by atoms with Crippen LogP contribution in [0.25, 0.3) is 0 Å². The van der Waals surface area contributed by atoms with Crippen LogP contribution in [0.15, 0.2) is 11.6 Å². The monoisotopic (exact) mass is 206 g/mol. The SMILES string of the molecule is CC(C)=CCCC(C)C12CCC(=O)C1C2. The van der Waals surface area contributed by atoms with Crippen molar-refractivity contribution in [1.82, 2.24) is 0 Å². The van der Waals surface area contributed by atoms with Crippen LogP contribution in [0.4, 0.5) is 0 Å². The van der Waals surface area contributed by atoms with Crippen LogP contribution in [0, 0.1) is 17.3 Å². The minimum atomic E-state index is 0.451. The minimum absolute atomic E-state index is 0.451. The summed E-state index contributed by atoms with van der Waals surface area (Å²) in [5, 5.41) is 0. The number of allylic oxidation sites excluding steroid dienone is 2. The third kappa shape index (κ3) is 1.89. The van der Waals surface area contributed by atoms with Crippen molar-refractivity contribution in [2.45, 2.75) is 52.9 Å². The normalized spacial score (nSPS) is 34.9. The van der Waals surface area contributed by atoms with Gasteiger partial charge in [-0.2, -0.15) is 0 Å². The lowest BCUT2D eigenvalue weighted by Crippen LogP contribution is -2.12.